The van der Waals surface area contributed by atoms with Crippen LogP contribution < -0.4 is 10.2 Å². The zero-order valence-corrected chi connectivity index (χ0v) is 18.9. The summed E-state index contributed by atoms with van der Waals surface area (Å²) in [6.07, 6.45) is 1.80. The van der Waals surface area contributed by atoms with Crippen LogP contribution in [0.2, 0.25) is 0 Å². The first-order chi connectivity index (χ1) is 12.6. The van der Waals surface area contributed by atoms with Crippen LogP contribution in [0.4, 0.5) is 5.69 Å². The molecule has 3 rings (SSSR count). The van der Waals surface area contributed by atoms with Crippen molar-refractivity contribution in [1.29, 1.82) is 0 Å². The molecule has 0 amide bonds. The molecular weight excluding hydrogens is 451 g/mol. The Balaban J connectivity index is 0.00000261. The summed E-state index contributed by atoms with van der Waals surface area (Å²) in [5.74, 6) is 1.73. The van der Waals surface area contributed by atoms with Gasteiger partial charge in [-0.1, -0.05) is 12.1 Å². The van der Waals surface area contributed by atoms with Crippen LogP contribution in [0.25, 0.3) is 0 Å². The number of halogens is 1. The third-order valence-electron chi connectivity index (χ3n) is 4.97. The van der Waals surface area contributed by atoms with Gasteiger partial charge < -0.3 is 15.1 Å². The van der Waals surface area contributed by atoms with Gasteiger partial charge in [0.25, 0.3) is 0 Å². The minimum Gasteiger partial charge on any atom is -0.368 e. The van der Waals surface area contributed by atoms with E-state index in [1.807, 2.05) is 20.0 Å². The van der Waals surface area contributed by atoms with E-state index < -0.39 is 0 Å². The second-order valence-electron chi connectivity index (χ2n) is 6.69. The molecule has 2 heterocycles. The van der Waals surface area contributed by atoms with Gasteiger partial charge in [-0.2, -0.15) is 0 Å². The van der Waals surface area contributed by atoms with Crippen molar-refractivity contribution in [2.45, 2.75) is 27.3 Å². The maximum atomic E-state index is 4.45. The molecule has 1 saturated heterocycles. The van der Waals surface area contributed by atoms with Gasteiger partial charge in [-0.3, -0.25) is 4.99 Å². The van der Waals surface area contributed by atoms with Gasteiger partial charge in [0.2, 0.25) is 0 Å². The number of benzene rings is 1. The van der Waals surface area contributed by atoms with E-state index in [2.05, 4.69) is 62.1 Å². The highest BCUT2D eigenvalue weighted by Gasteiger charge is 2.21. The van der Waals surface area contributed by atoms with Crippen molar-refractivity contribution in [3.05, 3.63) is 53.1 Å². The van der Waals surface area contributed by atoms with Crippen LogP contribution in [0.1, 0.15) is 22.6 Å². The number of aliphatic imine (C=N–C) groups is 1. The summed E-state index contributed by atoms with van der Waals surface area (Å²) in [5, 5.41) is 3.42. The van der Waals surface area contributed by atoms with Crippen LogP contribution in [0.15, 0.2) is 35.5 Å². The lowest BCUT2D eigenvalue weighted by molar-refractivity contribution is 0.372. The first-order valence-electron chi connectivity index (χ1n) is 9.14. The second-order valence-corrected chi connectivity index (χ2v) is 6.69. The van der Waals surface area contributed by atoms with Gasteiger partial charge in [-0.25, -0.2) is 9.97 Å². The molecule has 1 fully saturated rings. The lowest BCUT2D eigenvalue weighted by Crippen LogP contribution is -2.52. The van der Waals surface area contributed by atoms with Crippen LogP contribution in [0.5, 0.6) is 0 Å². The van der Waals surface area contributed by atoms with E-state index in [0.717, 1.165) is 43.7 Å². The first kappa shape index (κ1) is 21.4. The van der Waals surface area contributed by atoms with Gasteiger partial charge in [0, 0.05) is 45.1 Å². The summed E-state index contributed by atoms with van der Waals surface area (Å²) >= 11 is 0. The molecule has 27 heavy (non-hydrogen) atoms. The van der Waals surface area contributed by atoms with E-state index in [4.69, 9.17) is 0 Å². The predicted molar refractivity (Wildman–Crippen MR) is 122 cm³/mol. The Morgan fingerprint density at radius 3 is 2.52 bits per heavy atom. The molecule has 7 heteroatoms. The third-order valence-corrected chi connectivity index (χ3v) is 4.97. The van der Waals surface area contributed by atoms with Crippen LogP contribution in [0.3, 0.4) is 0 Å². The fourth-order valence-electron chi connectivity index (χ4n) is 3.34. The summed E-state index contributed by atoms with van der Waals surface area (Å²) in [6, 6.07) is 8.48. The maximum Gasteiger partial charge on any atom is 0.194 e. The van der Waals surface area contributed by atoms with E-state index in [-0.39, 0.29) is 24.0 Å². The Hall–Kier alpha value is -1.90. The molecule has 6 nitrogen and oxygen atoms in total. The van der Waals surface area contributed by atoms with Crippen LogP contribution >= 0.6 is 24.0 Å². The van der Waals surface area contributed by atoms with Crippen molar-refractivity contribution in [2.24, 2.45) is 4.99 Å². The Kier molecular flexibility index (Phi) is 7.82. The summed E-state index contributed by atoms with van der Waals surface area (Å²) in [6.45, 7) is 10.9. The van der Waals surface area contributed by atoms with Crippen LogP contribution in [0, 0.1) is 20.8 Å². The molecule has 2 aromatic rings. The molecule has 0 aliphatic carbocycles. The number of hydrogen-bond donors (Lipinski definition) is 1. The molecule has 0 saturated carbocycles. The molecule has 1 aliphatic rings. The van der Waals surface area contributed by atoms with E-state index in [1.54, 1.807) is 6.20 Å². The number of aromatic nitrogens is 2. The fourth-order valence-corrected chi connectivity index (χ4v) is 3.34. The van der Waals surface area contributed by atoms with Crippen molar-refractivity contribution in [3.63, 3.8) is 0 Å². The Labute approximate surface area is 179 Å². The van der Waals surface area contributed by atoms with Gasteiger partial charge in [0.1, 0.15) is 5.82 Å². The number of aryl methyl sites for hydroxylation is 2. The van der Waals surface area contributed by atoms with Gasteiger partial charge >= 0.3 is 0 Å². The highest BCUT2D eigenvalue weighted by Crippen LogP contribution is 2.23. The number of nitrogens with zero attached hydrogens (tertiary/aromatic N) is 5. The smallest absolute Gasteiger partial charge is 0.194 e. The number of hydrogen-bond acceptors (Lipinski definition) is 4. The van der Waals surface area contributed by atoms with Gasteiger partial charge in [-0.05, 0) is 44.0 Å². The Morgan fingerprint density at radius 1 is 1.11 bits per heavy atom. The largest absolute Gasteiger partial charge is 0.368 e. The van der Waals surface area contributed by atoms with E-state index >= 15 is 0 Å². The first-order valence-corrected chi connectivity index (χ1v) is 9.14. The standard InChI is InChI=1S/C20H28N6.HI/c1-15-6-5-7-19(16(15)2)25-10-12-26(13-11-25)20(21-4)23-14-18-8-9-22-17(3)24-18;/h5-9H,10-14H2,1-4H3,(H,21,23);1H. The maximum absolute atomic E-state index is 4.45. The highest BCUT2D eigenvalue weighted by atomic mass is 127. The quantitative estimate of drug-likeness (QED) is 0.416. The van der Waals surface area contributed by atoms with E-state index in [0.29, 0.717) is 6.54 Å². The number of anilines is 1. The van der Waals surface area contributed by atoms with Crippen molar-refractivity contribution in [1.82, 2.24) is 20.2 Å². The molecule has 0 spiro atoms. The monoisotopic (exact) mass is 480 g/mol. The lowest BCUT2D eigenvalue weighted by Gasteiger charge is -2.38. The molecule has 146 valence electrons. The lowest BCUT2D eigenvalue weighted by atomic mass is 10.1. The third kappa shape index (κ3) is 5.31. The average molecular weight is 480 g/mol. The molecule has 0 radical (unpaired) electrons. The highest BCUT2D eigenvalue weighted by molar-refractivity contribution is 14.0. The molecule has 1 aliphatic heterocycles. The van der Waals surface area contributed by atoms with Crippen molar-refractivity contribution in [3.8, 4) is 0 Å². The normalized spacial score (nSPS) is 14.7. The second kappa shape index (κ2) is 9.87. The molecular formula is C20H29IN6. The fraction of sp³-hybridized carbons (Fsp3) is 0.450. The minimum absolute atomic E-state index is 0. The SMILES string of the molecule is CN=C(NCc1ccnc(C)n1)N1CCN(c2cccc(C)c2C)CC1.I. The molecule has 0 atom stereocenters. The number of guanidine groups is 1. The molecule has 1 aromatic carbocycles. The van der Waals surface area contributed by atoms with Gasteiger partial charge in [0.05, 0.1) is 12.2 Å². The summed E-state index contributed by atoms with van der Waals surface area (Å²) in [7, 11) is 1.84. The summed E-state index contributed by atoms with van der Waals surface area (Å²) in [4.78, 5) is 17.8. The van der Waals surface area contributed by atoms with Crippen molar-refractivity contribution < 1.29 is 0 Å². The van der Waals surface area contributed by atoms with Gasteiger partial charge in [-0.15, -0.1) is 24.0 Å². The molecule has 1 N–H and O–H groups in total. The van der Waals surface area contributed by atoms with Crippen molar-refractivity contribution in [2.75, 3.05) is 38.1 Å². The van der Waals surface area contributed by atoms with Gasteiger partial charge in [0.15, 0.2) is 5.96 Å². The number of nitrogens with one attached hydrogen (secondary N) is 1. The molecule has 1 aromatic heterocycles. The van der Waals surface area contributed by atoms with E-state index in [1.165, 1.54) is 16.8 Å². The zero-order valence-electron chi connectivity index (χ0n) is 16.6. The summed E-state index contributed by atoms with van der Waals surface area (Å²) < 4.78 is 0. The Morgan fingerprint density at radius 2 is 1.85 bits per heavy atom. The number of piperazine rings is 1. The predicted octanol–water partition coefficient (Wildman–Crippen LogP) is 2.92. The van der Waals surface area contributed by atoms with E-state index in [9.17, 15) is 0 Å². The van der Waals surface area contributed by atoms with Crippen molar-refractivity contribution >= 4 is 35.6 Å². The number of rotatable bonds is 3. The molecule has 0 unspecified atom stereocenters. The van der Waals surface area contributed by atoms with Crippen LogP contribution in [-0.2, 0) is 6.54 Å². The average Bonchev–Trinajstić information content (AvgIpc) is 2.65. The van der Waals surface area contributed by atoms with Crippen LogP contribution in [-0.4, -0.2) is 54.1 Å². The Bertz CT molecular complexity index is 784. The molecule has 0 bridgehead atoms. The minimum atomic E-state index is 0. The zero-order chi connectivity index (χ0) is 18.5. The topological polar surface area (TPSA) is 56.7 Å². The summed E-state index contributed by atoms with van der Waals surface area (Å²) in [5.41, 5.74) is 5.06.